The molecular weight excluding hydrogens is 277 g/mol. The molecule has 0 bridgehead atoms. The van der Waals surface area contributed by atoms with Gasteiger partial charge in [0.15, 0.2) is 0 Å². The van der Waals surface area contributed by atoms with Gasteiger partial charge in [0.25, 0.3) is 5.78 Å². The number of methoxy groups -OCH3 is 1. The highest BCUT2D eigenvalue weighted by Gasteiger charge is 2.50. The first-order valence-electron chi connectivity index (χ1n) is 6.99. The molecule has 0 aliphatic carbocycles. The van der Waals surface area contributed by atoms with Crippen LogP contribution >= 0.6 is 8.03 Å². The van der Waals surface area contributed by atoms with Crippen LogP contribution in [0.25, 0.3) is 0 Å². The second-order valence-electron chi connectivity index (χ2n) is 6.54. The van der Waals surface area contributed by atoms with E-state index in [0.717, 1.165) is 11.7 Å². The van der Waals surface area contributed by atoms with Gasteiger partial charge >= 0.3 is 8.03 Å². The van der Waals surface area contributed by atoms with E-state index >= 15 is 0 Å². The van der Waals surface area contributed by atoms with Crippen molar-refractivity contribution in [3.63, 3.8) is 0 Å². The predicted octanol–water partition coefficient (Wildman–Crippen LogP) is 4.28. The third kappa shape index (κ3) is 8.98. The fourth-order valence-electron chi connectivity index (χ4n) is 1.34. The van der Waals surface area contributed by atoms with E-state index in [0.29, 0.717) is 6.61 Å². The van der Waals surface area contributed by atoms with E-state index < -0.39 is 19.3 Å². The molecule has 0 aliphatic rings. The van der Waals surface area contributed by atoms with Crippen LogP contribution in [-0.2, 0) is 13.8 Å². The predicted molar refractivity (Wildman–Crippen MR) is 83.4 cm³/mol. The summed E-state index contributed by atoms with van der Waals surface area (Å²) in [5, 5.41) is 11.3. The number of rotatable bonds is 5. The van der Waals surface area contributed by atoms with Crippen molar-refractivity contribution in [3.05, 3.63) is 0 Å². The summed E-state index contributed by atoms with van der Waals surface area (Å²) in [5.74, 6) is -0.512. The Morgan fingerprint density at radius 1 is 1.10 bits per heavy atom. The van der Waals surface area contributed by atoms with Gasteiger partial charge < -0.3 is 9.94 Å². The van der Waals surface area contributed by atoms with Crippen molar-refractivity contribution in [2.24, 2.45) is 5.41 Å². The zero-order chi connectivity index (χ0) is 16.6. The molecule has 2 atom stereocenters. The minimum Gasteiger partial charge on any atom is -0.385 e. The molecule has 0 aromatic heterocycles. The maximum Gasteiger partial charge on any atom is 0.530 e. The van der Waals surface area contributed by atoms with Crippen LogP contribution in [-0.4, -0.2) is 41.9 Å². The van der Waals surface area contributed by atoms with E-state index in [1.165, 1.54) is 0 Å². The van der Waals surface area contributed by atoms with Crippen LogP contribution in [0.15, 0.2) is 0 Å². The van der Waals surface area contributed by atoms with Gasteiger partial charge in [-0.3, -0.25) is 0 Å². The van der Waals surface area contributed by atoms with E-state index in [2.05, 4.69) is 4.74 Å². The highest BCUT2D eigenvalue weighted by Crippen LogP contribution is 2.44. The normalized spacial score (nSPS) is 14.7. The molecule has 0 spiro atoms. The summed E-state index contributed by atoms with van der Waals surface area (Å²) in [6.45, 7) is 16.4. The van der Waals surface area contributed by atoms with Gasteiger partial charge in [0.1, 0.15) is 0 Å². The largest absolute Gasteiger partial charge is 0.530 e. The lowest BCUT2D eigenvalue weighted by molar-refractivity contribution is -0.187. The van der Waals surface area contributed by atoms with Gasteiger partial charge in [-0.25, -0.2) is 0 Å². The molecule has 6 heteroatoms. The summed E-state index contributed by atoms with van der Waals surface area (Å²) in [6, 6.07) is 0. The van der Waals surface area contributed by atoms with Crippen LogP contribution in [0.2, 0.25) is 0 Å². The average molecular weight is 310 g/mol. The first-order valence-corrected chi connectivity index (χ1v) is 8.24. The van der Waals surface area contributed by atoms with Gasteiger partial charge in [-0.1, -0.05) is 20.8 Å². The molecule has 0 aliphatic heterocycles. The van der Waals surface area contributed by atoms with E-state index in [1.807, 2.05) is 48.5 Å². The van der Waals surface area contributed by atoms with Gasteiger partial charge in [-0.2, -0.15) is 0 Å². The van der Waals surface area contributed by atoms with E-state index in [4.69, 9.17) is 4.52 Å². The fraction of sp³-hybridized carbons (Fsp3) is 1.00. The number of nitrogens with zero attached hydrogens (tertiary/aromatic N) is 1. The molecule has 122 valence electrons. The molecule has 0 saturated heterocycles. The van der Waals surface area contributed by atoms with Gasteiger partial charge in [0.2, 0.25) is 0 Å². The van der Waals surface area contributed by atoms with Crippen molar-refractivity contribution >= 4 is 8.03 Å². The molecular formula is C14H33NO4P+. The summed E-state index contributed by atoms with van der Waals surface area (Å²) in [5.41, 5.74) is -0.773. The number of hydrogen-bond donors (Lipinski definition) is 1. The van der Waals surface area contributed by atoms with Crippen molar-refractivity contribution in [3.8, 4) is 0 Å². The molecule has 0 radical (unpaired) electrons. The van der Waals surface area contributed by atoms with Crippen LogP contribution in [0.4, 0.5) is 0 Å². The Hall–Kier alpha value is -0.0600. The lowest BCUT2D eigenvalue weighted by Crippen LogP contribution is -2.49. The minimum absolute atomic E-state index is 0.315. The Morgan fingerprint density at radius 3 is 1.70 bits per heavy atom. The van der Waals surface area contributed by atoms with Crippen molar-refractivity contribution in [2.75, 3.05) is 20.3 Å². The fourth-order valence-corrected chi connectivity index (χ4v) is 2.89. The Balaban J connectivity index is 0. The molecule has 5 nitrogen and oxygen atoms in total. The molecule has 0 amide bonds. The monoisotopic (exact) mass is 310 g/mol. The number of ether oxygens (including phenoxy) is 1. The minimum atomic E-state index is -1.91. The van der Waals surface area contributed by atoms with Gasteiger partial charge in [-0.05, 0) is 39.2 Å². The highest BCUT2D eigenvalue weighted by atomic mass is 31.1. The second-order valence-corrected chi connectivity index (χ2v) is 7.85. The lowest BCUT2D eigenvalue weighted by Gasteiger charge is -2.35. The maximum absolute atomic E-state index is 12.0. The first kappa shape index (κ1) is 22.2. The summed E-state index contributed by atoms with van der Waals surface area (Å²) < 4.78 is 21.7. The molecule has 1 N–H and O–H groups in total. The summed E-state index contributed by atoms with van der Waals surface area (Å²) >= 11 is 0. The van der Waals surface area contributed by atoms with Crippen LogP contribution in [0, 0.1) is 5.41 Å². The topological polar surface area (TPSA) is 59.0 Å². The number of hydrogen-bond acceptors (Lipinski definition) is 5. The molecule has 20 heavy (non-hydrogen) atoms. The summed E-state index contributed by atoms with van der Waals surface area (Å²) in [4.78, 5) is 0. The zero-order valence-corrected chi connectivity index (χ0v) is 15.5. The highest BCUT2D eigenvalue weighted by molar-refractivity contribution is 7.40. The molecule has 0 aromatic carbocycles. The Morgan fingerprint density at radius 2 is 1.50 bits per heavy atom. The Bertz CT molecular complexity index is 269. The summed E-state index contributed by atoms with van der Waals surface area (Å²) in [7, 11) is -0.229. The molecule has 0 rings (SSSR count). The smallest absolute Gasteiger partial charge is 0.385 e. The van der Waals surface area contributed by atoms with Crippen molar-refractivity contribution in [1.82, 2.24) is 5.06 Å². The van der Waals surface area contributed by atoms with Crippen LogP contribution < -0.4 is 0 Å². The molecule has 0 aromatic rings. The third-order valence-corrected chi connectivity index (χ3v) is 4.34. The van der Waals surface area contributed by atoms with Crippen molar-refractivity contribution < 1.29 is 19.0 Å². The van der Waals surface area contributed by atoms with Crippen molar-refractivity contribution in [2.45, 2.75) is 66.7 Å². The number of hydroxylamine groups is 2. The van der Waals surface area contributed by atoms with E-state index in [1.54, 1.807) is 14.0 Å². The lowest BCUT2D eigenvalue weighted by atomic mass is 9.94. The Labute approximate surface area is 125 Å². The molecule has 2 unspecified atom stereocenters. The standard InChI is InChI=1S/C11H25NO3P.C3H8O/c1-8-15-16(14)9(10(2,3)4)12(13)11(5,6)7;1-3-4-2/h9,13H,8H2,1-7H3;3H2,1-2H3/q+1;. The summed E-state index contributed by atoms with van der Waals surface area (Å²) in [6.07, 6.45) is 0. The van der Waals surface area contributed by atoms with E-state index in [9.17, 15) is 9.77 Å². The third-order valence-electron chi connectivity index (χ3n) is 2.44. The quantitative estimate of drug-likeness (QED) is 0.606. The van der Waals surface area contributed by atoms with Crippen LogP contribution in [0.5, 0.6) is 0 Å². The molecule has 0 fully saturated rings. The second kappa shape index (κ2) is 9.80. The zero-order valence-electron chi connectivity index (χ0n) is 14.6. The van der Waals surface area contributed by atoms with Gasteiger partial charge in [-0.15, -0.1) is 9.59 Å². The average Bonchev–Trinajstić information content (AvgIpc) is 2.26. The Kier molecular flexibility index (Phi) is 10.9. The molecule has 0 saturated carbocycles. The molecule has 0 heterocycles. The van der Waals surface area contributed by atoms with Gasteiger partial charge in [0.05, 0.1) is 6.61 Å². The van der Waals surface area contributed by atoms with Crippen LogP contribution in [0.3, 0.4) is 0 Å². The van der Waals surface area contributed by atoms with Crippen LogP contribution in [0.1, 0.15) is 55.4 Å². The first-order chi connectivity index (χ1) is 8.93. The van der Waals surface area contributed by atoms with Crippen molar-refractivity contribution in [1.29, 1.82) is 0 Å². The maximum atomic E-state index is 12.0. The van der Waals surface area contributed by atoms with Gasteiger partial charge in [0, 0.05) is 24.7 Å². The van der Waals surface area contributed by atoms with E-state index in [-0.39, 0.29) is 5.41 Å². The SMILES string of the molecule is CCOC.CCO[P+](=O)C(N(O)C(C)(C)C)C(C)(C)C.